The Hall–Kier alpha value is -0.450. The van der Waals surface area contributed by atoms with E-state index in [2.05, 4.69) is 17.2 Å². The molecule has 74 valence electrons. The molecule has 0 aliphatic carbocycles. The maximum absolute atomic E-state index is 9.01. The zero-order chi connectivity index (χ0) is 9.84. The van der Waals surface area contributed by atoms with Gasteiger partial charge in [-0.05, 0) is 20.8 Å². The summed E-state index contributed by atoms with van der Waals surface area (Å²) >= 11 is 1.71. The van der Waals surface area contributed by atoms with Gasteiger partial charge in [0.2, 0.25) is 0 Å². The van der Waals surface area contributed by atoms with Crippen LogP contribution >= 0.6 is 11.3 Å². The van der Waals surface area contributed by atoms with Crippen molar-refractivity contribution in [1.29, 1.82) is 0 Å². The smallest absolute Gasteiger partial charge is 0.107 e. The molecule has 0 fully saturated rings. The second-order valence-corrected chi connectivity index (χ2v) is 4.52. The Kier molecular flexibility index (Phi) is 3.84. The van der Waals surface area contributed by atoms with Crippen molar-refractivity contribution in [3.8, 4) is 0 Å². The molecule has 0 saturated carbocycles. The molecule has 3 nitrogen and oxygen atoms in total. The lowest BCUT2D eigenvalue weighted by molar-refractivity contribution is 0.191. The summed E-state index contributed by atoms with van der Waals surface area (Å²) in [5.41, 5.74) is 1.11. The van der Waals surface area contributed by atoms with Crippen molar-refractivity contribution in [2.24, 2.45) is 0 Å². The van der Waals surface area contributed by atoms with Gasteiger partial charge >= 0.3 is 0 Å². The van der Waals surface area contributed by atoms with Crippen molar-refractivity contribution in [1.82, 2.24) is 10.3 Å². The number of rotatable bonds is 4. The summed E-state index contributed by atoms with van der Waals surface area (Å²) in [5, 5.41) is 13.2. The molecule has 1 aromatic heterocycles. The Morgan fingerprint density at radius 1 is 1.54 bits per heavy atom. The van der Waals surface area contributed by atoms with Gasteiger partial charge in [-0.15, -0.1) is 11.3 Å². The van der Waals surface area contributed by atoms with Crippen LogP contribution in [0.15, 0.2) is 0 Å². The van der Waals surface area contributed by atoms with Crippen molar-refractivity contribution in [2.75, 3.05) is 6.54 Å². The molecule has 1 rings (SSSR count). The SMILES string of the molecule is Cc1nc(CNCC(C)O)sc1C. The van der Waals surface area contributed by atoms with Crippen molar-refractivity contribution >= 4 is 11.3 Å². The number of aliphatic hydroxyl groups is 1. The van der Waals surface area contributed by atoms with E-state index >= 15 is 0 Å². The Labute approximate surface area is 82.8 Å². The zero-order valence-corrected chi connectivity index (χ0v) is 9.11. The minimum Gasteiger partial charge on any atom is -0.392 e. The van der Waals surface area contributed by atoms with Gasteiger partial charge in [-0.2, -0.15) is 0 Å². The maximum atomic E-state index is 9.01. The molecule has 0 aromatic carbocycles. The predicted molar refractivity (Wildman–Crippen MR) is 55.0 cm³/mol. The van der Waals surface area contributed by atoms with Gasteiger partial charge in [0.05, 0.1) is 11.8 Å². The first-order valence-electron chi connectivity index (χ1n) is 4.41. The third kappa shape index (κ3) is 3.42. The summed E-state index contributed by atoms with van der Waals surface area (Å²) < 4.78 is 0. The third-order valence-corrected chi connectivity index (χ3v) is 2.86. The lowest BCUT2D eigenvalue weighted by Gasteiger charge is -2.03. The van der Waals surface area contributed by atoms with Gasteiger partial charge in [0.1, 0.15) is 5.01 Å². The van der Waals surface area contributed by atoms with Crippen LogP contribution in [-0.2, 0) is 6.54 Å². The lowest BCUT2D eigenvalue weighted by atomic mass is 10.4. The molecule has 1 aromatic rings. The molecule has 0 spiro atoms. The van der Waals surface area contributed by atoms with Crippen LogP contribution in [0.25, 0.3) is 0 Å². The number of hydrogen-bond acceptors (Lipinski definition) is 4. The van der Waals surface area contributed by atoms with Crippen molar-refractivity contribution in [2.45, 2.75) is 33.4 Å². The van der Waals surface area contributed by atoms with E-state index < -0.39 is 0 Å². The number of nitrogens with one attached hydrogen (secondary N) is 1. The molecule has 2 N–H and O–H groups in total. The number of aryl methyl sites for hydroxylation is 2. The first-order chi connectivity index (χ1) is 6.09. The minimum absolute atomic E-state index is 0.290. The van der Waals surface area contributed by atoms with Gasteiger partial charge in [-0.1, -0.05) is 0 Å². The number of nitrogens with zero attached hydrogens (tertiary/aromatic N) is 1. The molecule has 13 heavy (non-hydrogen) atoms. The van der Waals surface area contributed by atoms with Crippen LogP contribution in [0, 0.1) is 13.8 Å². The van der Waals surface area contributed by atoms with Crippen LogP contribution in [0.3, 0.4) is 0 Å². The normalized spacial score (nSPS) is 13.2. The molecular formula is C9H16N2OS. The van der Waals surface area contributed by atoms with Crippen molar-refractivity contribution < 1.29 is 5.11 Å². The van der Waals surface area contributed by atoms with Crippen molar-refractivity contribution in [3.63, 3.8) is 0 Å². The topological polar surface area (TPSA) is 45.2 Å². The summed E-state index contributed by atoms with van der Waals surface area (Å²) in [7, 11) is 0. The highest BCUT2D eigenvalue weighted by Gasteiger charge is 2.03. The molecule has 0 saturated heterocycles. The number of thiazole rings is 1. The first kappa shape index (κ1) is 10.6. The largest absolute Gasteiger partial charge is 0.392 e. The highest BCUT2D eigenvalue weighted by atomic mass is 32.1. The number of aromatic nitrogens is 1. The second-order valence-electron chi connectivity index (χ2n) is 3.23. The molecule has 0 radical (unpaired) electrons. The van der Waals surface area contributed by atoms with Crippen LogP contribution < -0.4 is 5.32 Å². The van der Waals surface area contributed by atoms with E-state index in [-0.39, 0.29) is 6.10 Å². The standard InChI is InChI=1S/C9H16N2OS/c1-6(12)4-10-5-9-11-7(2)8(3)13-9/h6,10,12H,4-5H2,1-3H3. The molecule has 4 heteroatoms. The molecule has 0 aliphatic heterocycles. The van der Waals surface area contributed by atoms with Gasteiger partial charge in [-0.25, -0.2) is 4.98 Å². The van der Waals surface area contributed by atoms with E-state index in [4.69, 9.17) is 5.11 Å². The fourth-order valence-corrected chi connectivity index (χ4v) is 1.91. The maximum Gasteiger partial charge on any atom is 0.107 e. The quantitative estimate of drug-likeness (QED) is 0.768. The average molecular weight is 200 g/mol. The van der Waals surface area contributed by atoms with Crippen LogP contribution in [0.5, 0.6) is 0 Å². The Bertz CT molecular complexity index is 251. The third-order valence-electron chi connectivity index (χ3n) is 1.79. The fraction of sp³-hybridized carbons (Fsp3) is 0.667. The van der Waals surface area contributed by atoms with Crippen LogP contribution in [-0.4, -0.2) is 22.7 Å². The molecule has 0 bridgehead atoms. The zero-order valence-electron chi connectivity index (χ0n) is 8.29. The van der Waals surface area contributed by atoms with Gasteiger partial charge < -0.3 is 10.4 Å². The fourth-order valence-electron chi connectivity index (χ4n) is 1.00. The van der Waals surface area contributed by atoms with Crippen LogP contribution in [0.1, 0.15) is 22.5 Å². The van der Waals surface area contributed by atoms with E-state index in [0.717, 1.165) is 17.2 Å². The van der Waals surface area contributed by atoms with Gasteiger partial charge in [0.25, 0.3) is 0 Å². The Morgan fingerprint density at radius 2 is 2.23 bits per heavy atom. The van der Waals surface area contributed by atoms with Gasteiger partial charge in [-0.3, -0.25) is 0 Å². The van der Waals surface area contributed by atoms with Crippen LogP contribution in [0.4, 0.5) is 0 Å². The van der Waals surface area contributed by atoms with E-state index in [0.29, 0.717) is 6.54 Å². The van der Waals surface area contributed by atoms with Gasteiger partial charge in [0, 0.05) is 18.0 Å². The predicted octanol–water partition coefficient (Wildman–Crippen LogP) is 1.23. The lowest BCUT2D eigenvalue weighted by Crippen LogP contribution is -2.23. The highest BCUT2D eigenvalue weighted by Crippen LogP contribution is 2.15. The Morgan fingerprint density at radius 3 is 2.69 bits per heavy atom. The van der Waals surface area contributed by atoms with E-state index in [1.54, 1.807) is 18.3 Å². The molecule has 0 amide bonds. The summed E-state index contributed by atoms with van der Waals surface area (Å²) in [6, 6.07) is 0. The average Bonchev–Trinajstić information content (AvgIpc) is 2.30. The van der Waals surface area contributed by atoms with E-state index in [9.17, 15) is 0 Å². The molecule has 1 atom stereocenters. The molecule has 1 heterocycles. The minimum atomic E-state index is -0.290. The number of hydrogen-bond donors (Lipinski definition) is 2. The first-order valence-corrected chi connectivity index (χ1v) is 5.23. The van der Waals surface area contributed by atoms with Gasteiger partial charge in [0.15, 0.2) is 0 Å². The van der Waals surface area contributed by atoms with Crippen LogP contribution in [0.2, 0.25) is 0 Å². The van der Waals surface area contributed by atoms with E-state index in [1.165, 1.54) is 4.88 Å². The van der Waals surface area contributed by atoms with Crippen molar-refractivity contribution in [3.05, 3.63) is 15.6 Å². The monoisotopic (exact) mass is 200 g/mol. The Balaban J connectivity index is 2.37. The highest BCUT2D eigenvalue weighted by molar-refractivity contribution is 7.11. The second kappa shape index (κ2) is 4.69. The summed E-state index contributed by atoms with van der Waals surface area (Å²) in [5.74, 6) is 0. The summed E-state index contributed by atoms with van der Waals surface area (Å²) in [6.45, 7) is 7.24. The molecule has 1 unspecified atom stereocenters. The summed E-state index contributed by atoms with van der Waals surface area (Å²) in [4.78, 5) is 5.65. The molecular weight excluding hydrogens is 184 g/mol. The number of aliphatic hydroxyl groups excluding tert-OH is 1. The van der Waals surface area contributed by atoms with E-state index in [1.807, 2.05) is 6.92 Å². The molecule has 0 aliphatic rings. The summed E-state index contributed by atoms with van der Waals surface area (Å²) in [6.07, 6.45) is -0.290.